The highest BCUT2D eigenvalue weighted by Crippen LogP contribution is 2.48. The Kier molecular flexibility index (Phi) is 6.16. The molecular formula is C16H25Cl2N. The maximum atomic E-state index is 6.01. The molecule has 108 valence electrons. The number of halogens is 2. The van der Waals surface area contributed by atoms with Crippen LogP contribution in [0.4, 0.5) is 0 Å². The number of rotatable bonds is 5. The monoisotopic (exact) mass is 301 g/mol. The average Bonchev–Trinajstić information content (AvgIpc) is 2.28. The summed E-state index contributed by atoms with van der Waals surface area (Å²) >= 11 is 6.01. The van der Waals surface area contributed by atoms with E-state index in [-0.39, 0.29) is 12.4 Å². The minimum Gasteiger partial charge on any atom is -0.316 e. The summed E-state index contributed by atoms with van der Waals surface area (Å²) in [6, 6.07) is 9.06. The van der Waals surface area contributed by atoms with E-state index < -0.39 is 0 Å². The van der Waals surface area contributed by atoms with Gasteiger partial charge in [0.05, 0.1) is 0 Å². The van der Waals surface area contributed by atoms with Crippen molar-refractivity contribution in [2.24, 2.45) is 5.92 Å². The molecule has 1 fully saturated rings. The highest BCUT2D eigenvalue weighted by molar-refractivity contribution is 6.30. The molecular weight excluding hydrogens is 277 g/mol. The summed E-state index contributed by atoms with van der Waals surface area (Å²) in [6.07, 6.45) is 5.18. The van der Waals surface area contributed by atoms with Crippen LogP contribution in [0.3, 0.4) is 0 Å². The third-order valence-electron chi connectivity index (χ3n) is 4.39. The van der Waals surface area contributed by atoms with Gasteiger partial charge in [0, 0.05) is 16.5 Å². The highest BCUT2D eigenvalue weighted by Gasteiger charge is 2.44. The van der Waals surface area contributed by atoms with Gasteiger partial charge in [0.15, 0.2) is 0 Å². The second-order valence-electron chi connectivity index (χ2n) is 5.99. The molecule has 0 amide bonds. The third kappa shape index (κ3) is 3.45. The summed E-state index contributed by atoms with van der Waals surface area (Å²) in [7, 11) is 2.10. The molecule has 1 saturated carbocycles. The van der Waals surface area contributed by atoms with Gasteiger partial charge in [-0.3, -0.25) is 0 Å². The fraction of sp³-hybridized carbons (Fsp3) is 0.625. The van der Waals surface area contributed by atoms with E-state index in [1.54, 1.807) is 0 Å². The zero-order valence-electron chi connectivity index (χ0n) is 12.1. The van der Waals surface area contributed by atoms with E-state index in [4.69, 9.17) is 11.6 Å². The van der Waals surface area contributed by atoms with Crippen LogP contribution in [-0.4, -0.2) is 13.1 Å². The van der Waals surface area contributed by atoms with Crippen LogP contribution in [0, 0.1) is 5.92 Å². The van der Waals surface area contributed by atoms with Gasteiger partial charge in [0.2, 0.25) is 0 Å². The van der Waals surface area contributed by atoms with Crippen LogP contribution in [0.15, 0.2) is 24.3 Å². The molecule has 0 saturated heterocycles. The minimum absolute atomic E-state index is 0. The van der Waals surface area contributed by atoms with Crippen LogP contribution in [0.1, 0.15) is 45.1 Å². The lowest BCUT2D eigenvalue weighted by Crippen LogP contribution is -2.52. The highest BCUT2D eigenvalue weighted by atomic mass is 35.5. The van der Waals surface area contributed by atoms with Gasteiger partial charge in [-0.15, -0.1) is 12.4 Å². The van der Waals surface area contributed by atoms with Crippen LogP contribution in [-0.2, 0) is 5.41 Å². The lowest BCUT2D eigenvalue weighted by atomic mass is 9.59. The molecule has 0 unspecified atom stereocenters. The minimum atomic E-state index is 0. The molecule has 1 aromatic rings. The number of benzene rings is 1. The Bertz CT molecular complexity index is 382. The molecule has 19 heavy (non-hydrogen) atoms. The number of hydrogen-bond donors (Lipinski definition) is 1. The van der Waals surface area contributed by atoms with Crippen LogP contribution in [0.2, 0.25) is 5.02 Å². The molecule has 0 spiro atoms. The van der Waals surface area contributed by atoms with Crippen LogP contribution >= 0.6 is 24.0 Å². The van der Waals surface area contributed by atoms with Gasteiger partial charge in [-0.2, -0.15) is 0 Å². The Morgan fingerprint density at radius 2 is 1.79 bits per heavy atom. The number of nitrogens with one attached hydrogen (secondary N) is 1. The van der Waals surface area contributed by atoms with Crippen molar-refractivity contribution in [1.82, 2.24) is 5.32 Å². The van der Waals surface area contributed by atoms with E-state index in [2.05, 4.69) is 38.3 Å². The van der Waals surface area contributed by atoms with Gasteiger partial charge < -0.3 is 5.32 Å². The largest absolute Gasteiger partial charge is 0.316 e. The van der Waals surface area contributed by atoms with Crippen molar-refractivity contribution in [1.29, 1.82) is 0 Å². The molecule has 3 heteroatoms. The Morgan fingerprint density at radius 3 is 2.16 bits per heavy atom. The quantitative estimate of drug-likeness (QED) is 0.822. The third-order valence-corrected chi connectivity index (χ3v) is 4.64. The molecule has 0 aromatic heterocycles. The maximum absolute atomic E-state index is 6.01. The lowest BCUT2D eigenvalue weighted by molar-refractivity contribution is 0.157. The predicted octanol–water partition coefficient (Wildman–Crippen LogP) is 4.82. The molecule has 1 aromatic carbocycles. The molecule has 1 N–H and O–H groups in total. The molecule has 0 aliphatic heterocycles. The fourth-order valence-corrected chi connectivity index (χ4v) is 3.39. The van der Waals surface area contributed by atoms with E-state index in [0.717, 1.165) is 10.9 Å². The molecule has 1 aliphatic rings. The maximum Gasteiger partial charge on any atom is 0.0406 e. The Balaban J connectivity index is 0.00000180. The first kappa shape index (κ1) is 16.8. The van der Waals surface area contributed by atoms with E-state index in [1.807, 2.05) is 12.1 Å². The van der Waals surface area contributed by atoms with Crippen molar-refractivity contribution in [2.45, 2.75) is 51.0 Å². The van der Waals surface area contributed by atoms with Crippen LogP contribution in [0.25, 0.3) is 0 Å². The van der Waals surface area contributed by atoms with E-state index in [9.17, 15) is 0 Å². The Morgan fingerprint density at radius 1 is 1.21 bits per heavy atom. The van der Waals surface area contributed by atoms with Gasteiger partial charge in [-0.05, 0) is 49.9 Å². The molecule has 0 bridgehead atoms. The summed E-state index contributed by atoms with van der Waals surface area (Å²) in [5.41, 5.74) is 1.79. The second-order valence-corrected chi connectivity index (χ2v) is 6.42. The summed E-state index contributed by atoms with van der Waals surface area (Å²) in [4.78, 5) is 0. The van der Waals surface area contributed by atoms with Crippen molar-refractivity contribution in [3.05, 3.63) is 34.9 Å². The topological polar surface area (TPSA) is 12.0 Å². The van der Waals surface area contributed by atoms with Crippen molar-refractivity contribution in [3.8, 4) is 0 Å². The predicted molar refractivity (Wildman–Crippen MR) is 86.5 cm³/mol. The average molecular weight is 302 g/mol. The standard InChI is InChI=1S/C16H24ClN.ClH/c1-12(2)11-15(18-3)16(9-4-10-16)13-5-7-14(17)8-6-13;/h5-8,12,15,18H,4,9-11H2,1-3H3;1H/t15-;/m1./s1. The molecule has 0 heterocycles. The van der Waals surface area contributed by atoms with Gasteiger partial charge in [0.25, 0.3) is 0 Å². The summed E-state index contributed by atoms with van der Waals surface area (Å²) in [5, 5.41) is 4.39. The zero-order valence-corrected chi connectivity index (χ0v) is 13.7. The number of likely N-dealkylation sites (N-methyl/N-ethyl adjacent to an activating group) is 1. The Labute approximate surface area is 128 Å². The lowest BCUT2D eigenvalue weighted by Gasteiger charge is -2.49. The molecule has 2 rings (SSSR count). The van der Waals surface area contributed by atoms with E-state index >= 15 is 0 Å². The van der Waals surface area contributed by atoms with Crippen molar-refractivity contribution >= 4 is 24.0 Å². The normalized spacial score (nSPS) is 18.6. The molecule has 1 aliphatic carbocycles. The van der Waals surface area contributed by atoms with Crippen LogP contribution in [0.5, 0.6) is 0 Å². The first-order chi connectivity index (χ1) is 8.58. The van der Waals surface area contributed by atoms with Crippen molar-refractivity contribution < 1.29 is 0 Å². The fourth-order valence-electron chi connectivity index (χ4n) is 3.27. The smallest absolute Gasteiger partial charge is 0.0406 e. The first-order valence-corrected chi connectivity index (χ1v) is 7.39. The van der Waals surface area contributed by atoms with Gasteiger partial charge in [0.1, 0.15) is 0 Å². The van der Waals surface area contributed by atoms with Crippen molar-refractivity contribution in [3.63, 3.8) is 0 Å². The molecule has 0 radical (unpaired) electrons. The summed E-state index contributed by atoms with van der Waals surface area (Å²) < 4.78 is 0. The first-order valence-electron chi connectivity index (χ1n) is 7.02. The molecule has 1 nitrogen and oxygen atoms in total. The van der Waals surface area contributed by atoms with Crippen LogP contribution < -0.4 is 5.32 Å². The Hall–Kier alpha value is -0.240. The van der Waals surface area contributed by atoms with Gasteiger partial charge in [-0.25, -0.2) is 0 Å². The summed E-state index contributed by atoms with van der Waals surface area (Å²) in [5.74, 6) is 0.729. The van der Waals surface area contributed by atoms with Gasteiger partial charge >= 0.3 is 0 Å². The number of hydrogen-bond acceptors (Lipinski definition) is 1. The van der Waals surface area contributed by atoms with Gasteiger partial charge in [-0.1, -0.05) is 44.0 Å². The second kappa shape index (κ2) is 6.97. The molecule has 1 atom stereocenters. The summed E-state index contributed by atoms with van der Waals surface area (Å²) in [6.45, 7) is 4.61. The zero-order chi connectivity index (χ0) is 13.2. The SMILES string of the molecule is CN[C@H](CC(C)C)C1(c2ccc(Cl)cc2)CCC1.Cl. The van der Waals surface area contributed by atoms with Crippen molar-refractivity contribution in [2.75, 3.05) is 7.05 Å². The van der Waals surface area contributed by atoms with E-state index in [0.29, 0.717) is 11.5 Å². The van der Waals surface area contributed by atoms with E-state index in [1.165, 1.54) is 31.2 Å².